The maximum Gasteiger partial charge on any atom is 0.322 e. The number of nitrogens with one attached hydrogen (secondary N) is 2. The highest BCUT2D eigenvalue weighted by Gasteiger charge is 2.14. The van der Waals surface area contributed by atoms with Crippen molar-refractivity contribution in [3.05, 3.63) is 77.9 Å². The first-order valence-corrected chi connectivity index (χ1v) is 7.94. The summed E-state index contributed by atoms with van der Waals surface area (Å²) >= 11 is 0. The number of hydrogen-bond acceptors (Lipinski definition) is 3. The van der Waals surface area contributed by atoms with Gasteiger partial charge >= 0.3 is 5.97 Å². The van der Waals surface area contributed by atoms with Crippen molar-refractivity contribution in [3.63, 3.8) is 0 Å². The first-order valence-electron chi connectivity index (χ1n) is 7.94. The molecular weight excluding hydrogens is 332 g/mol. The smallest absolute Gasteiger partial charge is 0.322 e. The van der Waals surface area contributed by atoms with E-state index in [1.807, 2.05) is 30.3 Å². The Morgan fingerprint density at radius 1 is 0.808 bits per heavy atom. The van der Waals surface area contributed by atoms with Gasteiger partial charge in [0.2, 0.25) is 0 Å². The Morgan fingerprint density at radius 2 is 1.50 bits per heavy atom. The summed E-state index contributed by atoms with van der Waals surface area (Å²) < 4.78 is 0. The van der Waals surface area contributed by atoms with Crippen LogP contribution in [0.4, 0.5) is 5.69 Å². The van der Waals surface area contributed by atoms with Gasteiger partial charge in [-0.15, -0.1) is 0 Å². The molecule has 0 aliphatic heterocycles. The van der Waals surface area contributed by atoms with Gasteiger partial charge in [0.05, 0.1) is 11.3 Å². The van der Waals surface area contributed by atoms with Crippen molar-refractivity contribution >= 4 is 34.2 Å². The van der Waals surface area contributed by atoms with Gasteiger partial charge in [-0.3, -0.25) is 14.4 Å². The number of carboxylic acids is 1. The normalized spacial score (nSPS) is 10.3. The molecule has 3 aromatic carbocycles. The summed E-state index contributed by atoms with van der Waals surface area (Å²) in [6.45, 7) is -0.494. The molecule has 0 fully saturated rings. The quantitative estimate of drug-likeness (QED) is 0.661. The molecule has 0 saturated heterocycles. The zero-order valence-corrected chi connectivity index (χ0v) is 13.7. The van der Waals surface area contributed by atoms with E-state index in [-0.39, 0.29) is 11.5 Å². The molecule has 2 amide bonds. The monoisotopic (exact) mass is 348 g/mol. The number of rotatable bonds is 5. The van der Waals surface area contributed by atoms with Crippen molar-refractivity contribution < 1.29 is 19.5 Å². The average molecular weight is 348 g/mol. The number of carboxylic acid groups (broad SMARTS) is 1. The molecular formula is C20H16N2O4. The lowest BCUT2D eigenvalue weighted by Crippen LogP contribution is -2.30. The maximum atomic E-state index is 12.6. The van der Waals surface area contributed by atoms with Gasteiger partial charge in [-0.25, -0.2) is 0 Å². The topological polar surface area (TPSA) is 95.5 Å². The first kappa shape index (κ1) is 17.2. The van der Waals surface area contributed by atoms with Crippen molar-refractivity contribution in [2.24, 2.45) is 0 Å². The highest BCUT2D eigenvalue weighted by Crippen LogP contribution is 2.19. The Labute approximate surface area is 149 Å². The third-order valence-electron chi connectivity index (χ3n) is 3.83. The fraction of sp³-hybridized carbons (Fsp3) is 0.0500. The summed E-state index contributed by atoms with van der Waals surface area (Å²) in [5, 5.41) is 15.6. The van der Waals surface area contributed by atoms with Crippen LogP contribution in [0.3, 0.4) is 0 Å². The van der Waals surface area contributed by atoms with Gasteiger partial charge in [-0.1, -0.05) is 42.5 Å². The Kier molecular flexibility index (Phi) is 4.94. The van der Waals surface area contributed by atoms with E-state index in [9.17, 15) is 14.4 Å². The number of amides is 2. The molecule has 6 heteroatoms. The van der Waals surface area contributed by atoms with Crippen molar-refractivity contribution in [2.45, 2.75) is 0 Å². The lowest BCUT2D eigenvalue weighted by atomic mass is 10.1. The number of carbonyl (C=O) groups excluding carboxylic acids is 2. The third kappa shape index (κ3) is 3.87. The molecule has 26 heavy (non-hydrogen) atoms. The van der Waals surface area contributed by atoms with Crippen LogP contribution >= 0.6 is 0 Å². The van der Waals surface area contributed by atoms with Gasteiger partial charge in [0.15, 0.2) is 0 Å². The molecule has 0 aliphatic rings. The summed E-state index contributed by atoms with van der Waals surface area (Å²) in [5.74, 6) is -2.06. The van der Waals surface area contributed by atoms with E-state index in [0.717, 1.165) is 10.8 Å². The van der Waals surface area contributed by atoms with E-state index in [0.29, 0.717) is 11.3 Å². The number of anilines is 1. The van der Waals surface area contributed by atoms with Crippen LogP contribution in [0.25, 0.3) is 10.8 Å². The number of fused-ring (bicyclic) bond motifs is 1. The first-order chi connectivity index (χ1) is 12.5. The van der Waals surface area contributed by atoms with E-state index in [1.54, 1.807) is 30.3 Å². The second kappa shape index (κ2) is 7.48. The van der Waals surface area contributed by atoms with E-state index in [1.165, 1.54) is 6.07 Å². The van der Waals surface area contributed by atoms with Gasteiger partial charge in [-0.2, -0.15) is 0 Å². The molecule has 3 rings (SSSR count). The van der Waals surface area contributed by atoms with Gasteiger partial charge in [0.25, 0.3) is 11.8 Å². The molecule has 0 aliphatic carbocycles. The van der Waals surface area contributed by atoms with Crippen LogP contribution < -0.4 is 10.6 Å². The molecule has 3 N–H and O–H groups in total. The lowest BCUT2D eigenvalue weighted by Gasteiger charge is -2.11. The van der Waals surface area contributed by atoms with Crippen LogP contribution in [0.15, 0.2) is 66.7 Å². The minimum Gasteiger partial charge on any atom is -0.480 e. The second-order valence-electron chi connectivity index (χ2n) is 5.64. The Bertz CT molecular complexity index is 998. The molecule has 0 heterocycles. The molecule has 0 bridgehead atoms. The van der Waals surface area contributed by atoms with E-state index >= 15 is 0 Å². The minimum absolute atomic E-state index is 0.197. The van der Waals surface area contributed by atoms with E-state index < -0.39 is 18.4 Å². The van der Waals surface area contributed by atoms with Crippen molar-refractivity contribution in [2.75, 3.05) is 11.9 Å². The van der Waals surface area contributed by atoms with E-state index in [4.69, 9.17) is 5.11 Å². The standard InChI is InChI=1S/C20H16N2O4/c23-18(24)12-21-20(26)16-7-3-4-8-17(16)22-19(25)15-10-9-13-5-1-2-6-14(13)11-15/h1-11H,12H2,(H,21,26)(H,22,25)(H,23,24). The van der Waals surface area contributed by atoms with Gasteiger partial charge in [0, 0.05) is 5.56 Å². The van der Waals surface area contributed by atoms with Crippen LogP contribution in [-0.2, 0) is 4.79 Å². The third-order valence-corrected chi connectivity index (χ3v) is 3.83. The second-order valence-corrected chi connectivity index (χ2v) is 5.64. The molecule has 0 spiro atoms. The molecule has 6 nitrogen and oxygen atoms in total. The zero-order valence-electron chi connectivity index (χ0n) is 13.7. The van der Waals surface area contributed by atoms with Crippen LogP contribution in [0.5, 0.6) is 0 Å². The van der Waals surface area contributed by atoms with Crippen LogP contribution in [0.1, 0.15) is 20.7 Å². The molecule has 0 radical (unpaired) electrons. The van der Waals surface area contributed by atoms with Gasteiger partial charge in [-0.05, 0) is 35.0 Å². The highest BCUT2D eigenvalue weighted by molar-refractivity contribution is 6.10. The fourth-order valence-corrected chi connectivity index (χ4v) is 2.57. The number of aliphatic carboxylic acids is 1. The van der Waals surface area contributed by atoms with Crippen LogP contribution in [-0.4, -0.2) is 29.4 Å². The number of carbonyl (C=O) groups is 3. The van der Waals surface area contributed by atoms with Crippen LogP contribution in [0, 0.1) is 0 Å². The number of benzene rings is 3. The summed E-state index contributed by atoms with van der Waals surface area (Å²) in [5.41, 5.74) is 0.973. The van der Waals surface area contributed by atoms with Gasteiger partial charge < -0.3 is 15.7 Å². The van der Waals surface area contributed by atoms with Crippen molar-refractivity contribution in [1.29, 1.82) is 0 Å². The summed E-state index contributed by atoms with van der Waals surface area (Å²) in [6.07, 6.45) is 0. The Balaban J connectivity index is 1.82. The zero-order chi connectivity index (χ0) is 18.5. The molecule has 3 aromatic rings. The molecule has 0 unspecified atom stereocenters. The summed E-state index contributed by atoms with van der Waals surface area (Å²) in [4.78, 5) is 35.3. The number of hydrogen-bond donors (Lipinski definition) is 3. The van der Waals surface area contributed by atoms with Crippen LogP contribution in [0.2, 0.25) is 0 Å². The fourth-order valence-electron chi connectivity index (χ4n) is 2.57. The Morgan fingerprint density at radius 3 is 2.27 bits per heavy atom. The lowest BCUT2D eigenvalue weighted by molar-refractivity contribution is -0.135. The summed E-state index contributed by atoms with van der Waals surface area (Å²) in [7, 11) is 0. The molecule has 130 valence electrons. The highest BCUT2D eigenvalue weighted by atomic mass is 16.4. The molecule has 0 saturated carbocycles. The Hall–Kier alpha value is -3.67. The van der Waals surface area contributed by atoms with Gasteiger partial charge in [0.1, 0.15) is 6.54 Å². The number of para-hydroxylation sites is 1. The largest absolute Gasteiger partial charge is 0.480 e. The van der Waals surface area contributed by atoms with Crippen molar-refractivity contribution in [3.8, 4) is 0 Å². The predicted octanol–water partition coefficient (Wildman–Crippen LogP) is 2.91. The summed E-state index contributed by atoms with van der Waals surface area (Å²) in [6, 6.07) is 19.5. The predicted molar refractivity (Wildman–Crippen MR) is 98.3 cm³/mol. The minimum atomic E-state index is -1.14. The van der Waals surface area contributed by atoms with Crippen molar-refractivity contribution in [1.82, 2.24) is 5.32 Å². The maximum absolute atomic E-state index is 12.6. The molecule has 0 atom stereocenters. The molecule has 0 aromatic heterocycles. The SMILES string of the molecule is O=C(O)CNC(=O)c1ccccc1NC(=O)c1ccc2ccccc2c1. The van der Waals surface area contributed by atoms with E-state index in [2.05, 4.69) is 10.6 Å². The average Bonchev–Trinajstić information content (AvgIpc) is 2.66.